The Labute approximate surface area is 90.0 Å². The monoisotopic (exact) mass is 204 g/mol. The van der Waals surface area contributed by atoms with Gasteiger partial charge in [-0.2, -0.15) is 0 Å². The number of thiophene rings is 1. The minimum atomic E-state index is 0.605. The maximum atomic E-state index is 2.31. The maximum absolute atomic E-state index is 2.31. The van der Waals surface area contributed by atoms with Crippen LogP contribution in [0.3, 0.4) is 0 Å². The van der Waals surface area contributed by atoms with Crippen LogP contribution < -0.4 is 0 Å². The van der Waals surface area contributed by atoms with Crippen molar-refractivity contribution in [2.24, 2.45) is 5.92 Å². The lowest BCUT2D eigenvalue weighted by Crippen LogP contribution is -1.94. The SMILES string of the molecule is CC1=C(C)C(C)C(c2cccs2)=C1C. The predicted octanol–water partition coefficient (Wildman–Crippen LogP) is 4.51. The van der Waals surface area contributed by atoms with Crippen LogP contribution in [0.15, 0.2) is 34.2 Å². The molecule has 1 heterocycles. The highest BCUT2D eigenvalue weighted by Crippen LogP contribution is 2.43. The van der Waals surface area contributed by atoms with Gasteiger partial charge < -0.3 is 0 Å². The smallest absolute Gasteiger partial charge is 0.0311 e. The minimum absolute atomic E-state index is 0.605. The molecular weight excluding hydrogens is 188 g/mol. The van der Waals surface area contributed by atoms with E-state index < -0.39 is 0 Å². The Morgan fingerprint density at radius 3 is 2.29 bits per heavy atom. The van der Waals surface area contributed by atoms with Crippen LogP contribution in [0, 0.1) is 5.92 Å². The minimum Gasteiger partial charge on any atom is -0.144 e. The molecule has 0 radical (unpaired) electrons. The Kier molecular flexibility index (Phi) is 2.36. The second-order valence-corrected chi connectivity index (χ2v) is 4.99. The van der Waals surface area contributed by atoms with Crippen molar-refractivity contribution in [1.82, 2.24) is 0 Å². The Morgan fingerprint density at radius 2 is 1.86 bits per heavy atom. The average Bonchev–Trinajstić information content (AvgIpc) is 2.73. The molecule has 0 amide bonds. The van der Waals surface area contributed by atoms with Gasteiger partial charge in [0.05, 0.1) is 0 Å². The quantitative estimate of drug-likeness (QED) is 0.631. The van der Waals surface area contributed by atoms with E-state index in [0.29, 0.717) is 5.92 Å². The van der Waals surface area contributed by atoms with Crippen LogP contribution in [0.25, 0.3) is 5.57 Å². The van der Waals surface area contributed by atoms with Crippen LogP contribution in [0.4, 0.5) is 0 Å². The highest BCUT2D eigenvalue weighted by molar-refractivity contribution is 7.11. The lowest BCUT2D eigenvalue weighted by atomic mass is 9.97. The highest BCUT2D eigenvalue weighted by Gasteiger charge is 2.24. The van der Waals surface area contributed by atoms with E-state index in [4.69, 9.17) is 0 Å². The van der Waals surface area contributed by atoms with E-state index in [1.54, 1.807) is 0 Å². The van der Waals surface area contributed by atoms with Crippen molar-refractivity contribution in [3.05, 3.63) is 39.1 Å². The van der Waals surface area contributed by atoms with Crippen LogP contribution in [0.1, 0.15) is 32.6 Å². The first kappa shape index (κ1) is 9.72. The first-order valence-corrected chi connectivity index (χ1v) is 5.93. The van der Waals surface area contributed by atoms with E-state index in [1.807, 2.05) is 11.3 Å². The van der Waals surface area contributed by atoms with E-state index in [9.17, 15) is 0 Å². The van der Waals surface area contributed by atoms with E-state index in [1.165, 1.54) is 27.2 Å². The van der Waals surface area contributed by atoms with Gasteiger partial charge in [-0.15, -0.1) is 11.3 Å². The Morgan fingerprint density at radius 1 is 1.14 bits per heavy atom. The summed E-state index contributed by atoms with van der Waals surface area (Å²) >= 11 is 1.85. The predicted molar refractivity (Wildman–Crippen MR) is 64.5 cm³/mol. The summed E-state index contributed by atoms with van der Waals surface area (Å²) in [5, 5.41) is 2.16. The third-order valence-corrected chi connectivity index (χ3v) is 4.33. The van der Waals surface area contributed by atoms with Gasteiger partial charge in [-0.05, 0) is 48.9 Å². The lowest BCUT2D eigenvalue weighted by molar-refractivity contribution is 0.898. The molecule has 0 saturated carbocycles. The van der Waals surface area contributed by atoms with Crippen molar-refractivity contribution < 1.29 is 0 Å². The van der Waals surface area contributed by atoms with E-state index >= 15 is 0 Å². The fraction of sp³-hybridized carbons (Fsp3) is 0.385. The summed E-state index contributed by atoms with van der Waals surface area (Å²) in [5.74, 6) is 0.605. The molecule has 1 aromatic heterocycles. The van der Waals surface area contributed by atoms with Gasteiger partial charge in [0.25, 0.3) is 0 Å². The molecule has 0 saturated heterocycles. The Hall–Kier alpha value is -0.820. The van der Waals surface area contributed by atoms with Crippen LogP contribution in [-0.4, -0.2) is 0 Å². The van der Waals surface area contributed by atoms with Gasteiger partial charge in [0, 0.05) is 10.8 Å². The van der Waals surface area contributed by atoms with Crippen molar-refractivity contribution >= 4 is 16.9 Å². The summed E-state index contributed by atoms with van der Waals surface area (Å²) in [5.41, 5.74) is 6.04. The molecule has 0 aromatic carbocycles. The zero-order valence-corrected chi connectivity index (χ0v) is 10.0. The Balaban J connectivity index is 2.50. The summed E-state index contributed by atoms with van der Waals surface area (Å²) in [6, 6.07) is 4.36. The van der Waals surface area contributed by atoms with Crippen molar-refractivity contribution in [3.63, 3.8) is 0 Å². The van der Waals surface area contributed by atoms with Crippen LogP contribution >= 0.6 is 11.3 Å². The van der Waals surface area contributed by atoms with E-state index in [-0.39, 0.29) is 0 Å². The maximum Gasteiger partial charge on any atom is 0.0311 e. The normalized spacial score (nSPS) is 22.4. The van der Waals surface area contributed by atoms with Crippen LogP contribution in [0.5, 0.6) is 0 Å². The Bertz CT molecular complexity index is 404. The van der Waals surface area contributed by atoms with Crippen LogP contribution in [0.2, 0.25) is 0 Å². The number of hydrogen-bond donors (Lipinski definition) is 0. The molecular formula is C13H16S. The molecule has 1 unspecified atom stereocenters. The molecule has 1 atom stereocenters. The van der Waals surface area contributed by atoms with Crippen molar-refractivity contribution in [3.8, 4) is 0 Å². The van der Waals surface area contributed by atoms with E-state index in [0.717, 1.165) is 0 Å². The van der Waals surface area contributed by atoms with Gasteiger partial charge in [0.15, 0.2) is 0 Å². The molecule has 0 spiro atoms. The van der Waals surface area contributed by atoms with E-state index in [2.05, 4.69) is 45.2 Å². The average molecular weight is 204 g/mol. The fourth-order valence-electron chi connectivity index (χ4n) is 2.19. The second kappa shape index (κ2) is 3.39. The summed E-state index contributed by atoms with van der Waals surface area (Å²) < 4.78 is 0. The topological polar surface area (TPSA) is 0 Å². The molecule has 1 aromatic rings. The third kappa shape index (κ3) is 1.27. The van der Waals surface area contributed by atoms with Gasteiger partial charge in [-0.1, -0.05) is 18.6 Å². The largest absolute Gasteiger partial charge is 0.144 e. The number of allylic oxidation sites excluding steroid dienone is 4. The first-order valence-electron chi connectivity index (χ1n) is 5.05. The zero-order valence-electron chi connectivity index (χ0n) is 9.22. The zero-order chi connectivity index (χ0) is 10.3. The number of hydrogen-bond acceptors (Lipinski definition) is 1. The lowest BCUT2D eigenvalue weighted by Gasteiger charge is -2.10. The summed E-state index contributed by atoms with van der Waals surface area (Å²) in [6.45, 7) is 9.05. The van der Waals surface area contributed by atoms with Gasteiger partial charge in [-0.25, -0.2) is 0 Å². The molecule has 1 aliphatic rings. The van der Waals surface area contributed by atoms with Gasteiger partial charge >= 0.3 is 0 Å². The third-order valence-electron chi connectivity index (χ3n) is 3.43. The van der Waals surface area contributed by atoms with Gasteiger partial charge in [-0.3, -0.25) is 0 Å². The van der Waals surface area contributed by atoms with Crippen LogP contribution in [-0.2, 0) is 0 Å². The molecule has 0 bridgehead atoms. The summed E-state index contributed by atoms with van der Waals surface area (Å²) in [6.07, 6.45) is 0. The molecule has 1 aliphatic carbocycles. The standard InChI is InChI=1S/C13H16S/c1-8-9(2)11(4)13(10(8)3)12-6-5-7-14-12/h5-7,10H,1-4H3. The molecule has 14 heavy (non-hydrogen) atoms. The first-order chi connectivity index (χ1) is 6.63. The number of rotatable bonds is 1. The molecule has 0 fully saturated rings. The summed E-state index contributed by atoms with van der Waals surface area (Å²) in [4.78, 5) is 1.44. The van der Waals surface area contributed by atoms with Crippen molar-refractivity contribution in [2.75, 3.05) is 0 Å². The molecule has 1 heteroatoms. The molecule has 74 valence electrons. The fourth-order valence-corrected chi connectivity index (χ4v) is 3.11. The highest BCUT2D eigenvalue weighted by atomic mass is 32.1. The summed E-state index contributed by atoms with van der Waals surface area (Å²) in [7, 11) is 0. The molecule has 0 N–H and O–H groups in total. The molecule has 0 aliphatic heterocycles. The second-order valence-electron chi connectivity index (χ2n) is 4.05. The van der Waals surface area contributed by atoms with Gasteiger partial charge in [0.2, 0.25) is 0 Å². The molecule has 2 rings (SSSR count). The molecule has 0 nitrogen and oxygen atoms in total. The van der Waals surface area contributed by atoms with Gasteiger partial charge in [0.1, 0.15) is 0 Å². The van der Waals surface area contributed by atoms with Crippen molar-refractivity contribution in [2.45, 2.75) is 27.7 Å². The van der Waals surface area contributed by atoms with Crippen molar-refractivity contribution in [1.29, 1.82) is 0 Å².